The molecule has 26 heavy (non-hydrogen) atoms. The van der Waals surface area contributed by atoms with Crippen molar-refractivity contribution in [2.45, 2.75) is 23.9 Å². The van der Waals surface area contributed by atoms with Gasteiger partial charge in [-0.1, -0.05) is 24.3 Å². The number of imide groups is 1. The Kier molecular flexibility index (Phi) is 4.86. The molecule has 0 saturated carbocycles. The van der Waals surface area contributed by atoms with E-state index in [1.165, 1.54) is 30.3 Å². The maximum absolute atomic E-state index is 13.9. The third kappa shape index (κ3) is 3.64. The lowest BCUT2D eigenvalue weighted by Gasteiger charge is -2.16. The molecule has 0 bridgehead atoms. The predicted octanol–water partition coefficient (Wildman–Crippen LogP) is 0.895. The zero-order chi connectivity index (χ0) is 18.9. The van der Waals surface area contributed by atoms with E-state index in [1.807, 2.05) is 0 Å². The average Bonchev–Trinajstić information content (AvgIpc) is 2.87. The van der Waals surface area contributed by atoms with Gasteiger partial charge in [0.05, 0.1) is 23.0 Å². The van der Waals surface area contributed by atoms with Crippen LogP contribution in [0, 0.1) is 5.82 Å². The first-order valence-corrected chi connectivity index (χ1v) is 9.28. The summed E-state index contributed by atoms with van der Waals surface area (Å²) in [5.74, 6) is -1.66. The van der Waals surface area contributed by atoms with Crippen LogP contribution < -0.4 is 15.4 Å². The molecule has 2 aromatic carbocycles. The highest BCUT2D eigenvalue weighted by Crippen LogP contribution is 2.25. The second-order valence-corrected chi connectivity index (χ2v) is 7.41. The third-order valence-corrected chi connectivity index (χ3v) is 4.97. The molecule has 0 radical (unpaired) electrons. The summed E-state index contributed by atoms with van der Waals surface area (Å²) in [7, 11) is -3.77. The number of carbonyl (C=O) groups excluding carboxylic acids is 2. The second-order valence-electron chi connectivity index (χ2n) is 5.85. The van der Waals surface area contributed by atoms with Crippen molar-refractivity contribution in [2.24, 2.45) is 5.14 Å². The average molecular weight is 377 g/mol. The quantitative estimate of drug-likeness (QED) is 0.752. The number of hydrogen-bond acceptors (Lipinski definition) is 5. The van der Waals surface area contributed by atoms with E-state index in [0.717, 1.165) is 4.90 Å². The fourth-order valence-corrected chi connectivity index (χ4v) is 3.23. The number of anilines is 1. The molecular weight excluding hydrogens is 361 g/mol. The lowest BCUT2D eigenvalue weighted by molar-refractivity contribution is -0.121. The van der Waals surface area contributed by atoms with Gasteiger partial charge in [0, 0.05) is 6.54 Å². The van der Waals surface area contributed by atoms with Gasteiger partial charge >= 0.3 is 0 Å². The minimum atomic E-state index is -3.77. The van der Waals surface area contributed by atoms with Crippen LogP contribution in [-0.4, -0.2) is 26.3 Å². The predicted molar refractivity (Wildman–Crippen MR) is 92.0 cm³/mol. The number of halogens is 1. The molecule has 7 nitrogen and oxygen atoms in total. The normalized spacial score (nSPS) is 17.8. The Labute approximate surface area is 149 Å². The van der Waals surface area contributed by atoms with Crippen molar-refractivity contribution in [1.29, 1.82) is 0 Å². The standard InChI is InChI=1S/C17H16FN3O4S/c18-13-3-1-2-4-15(13)21-16(22)9-14(17(21)23)20-10-11-5-7-12(8-6-11)26(19,24)25/h1-8,14,20H,9-10H2,(H2,19,24,25)/t14-/m0/s1. The number of nitrogens with zero attached hydrogens (tertiary/aromatic N) is 1. The van der Waals surface area contributed by atoms with Gasteiger partial charge in [-0.2, -0.15) is 0 Å². The van der Waals surface area contributed by atoms with Crippen LogP contribution in [0.15, 0.2) is 53.4 Å². The molecule has 1 atom stereocenters. The van der Waals surface area contributed by atoms with Gasteiger partial charge in [0.25, 0.3) is 5.91 Å². The lowest BCUT2D eigenvalue weighted by Crippen LogP contribution is -2.38. The van der Waals surface area contributed by atoms with E-state index in [0.29, 0.717) is 5.56 Å². The van der Waals surface area contributed by atoms with Crippen LogP contribution in [0.25, 0.3) is 0 Å². The smallest absolute Gasteiger partial charge is 0.251 e. The molecule has 2 amide bonds. The number of benzene rings is 2. The maximum Gasteiger partial charge on any atom is 0.251 e. The number of nitrogens with two attached hydrogens (primary N) is 1. The van der Waals surface area contributed by atoms with Crippen molar-refractivity contribution in [1.82, 2.24) is 5.32 Å². The van der Waals surface area contributed by atoms with E-state index in [-0.39, 0.29) is 23.5 Å². The van der Waals surface area contributed by atoms with E-state index in [1.54, 1.807) is 18.2 Å². The number of sulfonamides is 1. The van der Waals surface area contributed by atoms with Gasteiger partial charge in [-0.25, -0.2) is 22.8 Å². The molecule has 1 aliphatic heterocycles. The number of amides is 2. The highest BCUT2D eigenvalue weighted by molar-refractivity contribution is 7.89. The summed E-state index contributed by atoms with van der Waals surface area (Å²) in [5.41, 5.74) is 0.645. The minimum Gasteiger partial charge on any atom is -0.301 e. The van der Waals surface area contributed by atoms with Crippen LogP contribution in [0.5, 0.6) is 0 Å². The number of hydrogen-bond donors (Lipinski definition) is 2. The highest BCUT2D eigenvalue weighted by atomic mass is 32.2. The van der Waals surface area contributed by atoms with E-state index >= 15 is 0 Å². The summed E-state index contributed by atoms with van der Waals surface area (Å²) < 4.78 is 36.3. The molecule has 3 rings (SSSR count). The summed E-state index contributed by atoms with van der Waals surface area (Å²) in [6.45, 7) is 0.236. The van der Waals surface area contributed by atoms with Crippen molar-refractivity contribution in [3.8, 4) is 0 Å². The largest absolute Gasteiger partial charge is 0.301 e. The van der Waals surface area contributed by atoms with E-state index in [4.69, 9.17) is 5.14 Å². The number of rotatable bonds is 5. The second kappa shape index (κ2) is 6.94. The molecule has 1 fully saturated rings. The first-order valence-electron chi connectivity index (χ1n) is 7.74. The van der Waals surface area contributed by atoms with Crippen LogP contribution >= 0.6 is 0 Å². The fraction of sp³-hybridized carbons (Fsp3) is 0.176. The lowest BCUT2D eigenvalue weighted by atomic mass is 10.2. The van der Waals surface area contributed by atoms with Gasteiger partial charge < -0.3 is 5.32 Å². The van der Waals surface area contributed by atoms with E-state index < -0.39 is 33.7 Å². The van der Waals surface area contributed by atoms with Gasteiger partial charge in [0.15, 0.2) is 0 Å². The first kappa shape index (κ1) is 18.2. The minimum absolute atomic E-state index is 0.0147. The number of para-hydroxylation sites is 1. The van der Waals surface area contributed by atoms with E-state index in [2.05, 4.69) is 5.32 Å². The summed E-state index contributed by atoms with van der Waals surface area (Å²) in [5, 5.41) is 7.98. The van der Waals surface area contributed by atoms with Gasteiger partial charge in [0.2, 0.25) is 15.9 Å². The van der Waals surface area contributed by atoms with Crippen molar-refractivity contribution >= 4 is 27.5 Å². The Morgan fingerprint density at radius 3 is 2.38 bits per heavy atom. The Morgan fingerprint density at radius 2 is 1.77 bits per heavy atom. The highest BCUT2D eigenvalue weighted by Gasteiger charge is 2.40. The van der Waals surface area contributed by atoms with Gasteiger partial charge in [-0.15, -0.1) is 0 Å². The molecule has 9 heteroatoms. The topological polar surface area (TPSA) is 110 Å². The molecule has 0 unspecified atom stereocenters. The molecule has 0 aromatic heterocycles. The van der Waals surface area contributed by atoms with Crippen LogP contribution in [-0.2, 0) is 26.2 Å². The maximum atomic E-state index is 13.9. The Morgan fingerprint density at radius 1 is 1.12 bits per heavy atom. The van der Waals surface area contributed by atoms with Gasteiger partial charge in [-0.3, -0.25) is 9.59 Å². The first-order chi connectivity index (χ1) is 12.3. The van der Waals surface area contributed by atoms with Crippen molar-refractivity contribution in [2.75, 3.05) is 4.90 Å². The Bertz CT molecular complexity index is 960. The van der Waals surface area contributed by atoms with Gasteiger partial charge in [-0.05, 0) is 29.8 Å². The molecule has 2 aromatic rings. The SMILES string of the molecule is NS(=O)(=O)c1ccc(CN[C@H]2CC(=O)N(c3ccccc3F)C2=O)cc1. The molecule has 1 saturated heterocycles. The van der Waals surface area contributed by atoms with Crippen LogP contribution in [0.2, 0.25) is 0 Å². The van der Waals surface area contributed by atoms with Crippen LogP contribution in [0.1, 0.15) is 12.0 Å². The van der Waals surface area contributed by atoms with Crippen LogP contribution in [0.4, 0.5) is 10.1 Å². The molecule has 1 aliphatic rings. The van der Waals surface area contributed by atoms with Gasteiger partial charge in [0.1, 0.15) is 5.82 Å². The molecule has 1 heterocycles. The summed E-state index contributed by atoms with van der Waals surface area (Å²) in [6.07, 6.45) is -0.0809. The number of primary sulfonamides is 1. The zero-order valence-electron chi connectivity index (χ0n) is 13.6. The van der Waals surface area contributed by atoms with E-state index in [9.17, 15) is 22.4 Å². The fourth-order valence-electron chi connectivity index (χ4n) is 2.72. The number of nitrogens with one attached hydrogen (secondary N) is 1. The van der Waals surface area contributed by atoms with Crippen LogP contribution in [0.3, 0.4) is 0 Å². The summed E-state index contributed by atoms with van der Waals surface area (Å²) in [6, 6.07) is 10.6. The molecule has 0 aliphatic carbocycles. The van der Waals surface area contributed by atoms with Crippen molar-refractivity contribution < 1.29 is 22.4 Å². The molecular formula is C17H16FN3O4S. The molecule has 3 N–H and O–H groups in total. The molecule has 0 spiro atoms. The summed E-state index contributed by atoms with van der Waals surface area (Å²) >= 11 is 0. The summed E-state index contributed by atoms with van der Waals surface area (Å²) in [4.78, 5) is 25.4. The zero-order valence-corrected chi connectivity index (χ0v) is 14.4. The molecule has 136 valence electrons. The van der Waals surface area contributed by atoms with Crippen molar-refractivity contribution in [3.05, 3.63) is 59.9 Å². The van der Waals surface area contributed by atoms with Crippen molar-refractivity contribution in [3.63, 3.8) is 0 Å². The third-order valence-electron chi connectivity index (χ3n) is 4.04. The number of carbonyl (C=O) groups is 2. The Hall–Kier alpha value is -2.62. The monoisotopic (exact) mass is 377 g/mol. The Balaban J connectivity index is 1.69.